The molecule has 0 radical (unpaired) electrons. The molecule has 9 nitrogen and oxygen atoms in total. The van der Waals surface area contributed by atoms with Gasteiger partial charge in [-0.1, -0.05) is 24.6 Å². The Kier molecular flexibility index (Phi) is 7.88. The molecule has 0 bridgehead atoms. The summed E-state index contributed by atoms with van der Waals surface area (Å²) in [6.07, 6.45) is 1.68. The van der Waals surface area contributed by atoms with E-state index in [-0.39, 0.29) is 43.7 Å². The van der Waals surface area contributed by atoms with Crippen LogP contribution in [-0.2, 0) is 22.7 Å². The van der Waals surface area contributed by atoms with Crippen LogP contribution >= 0.6 is 0 Å². The second-order valence-corrected chi connectivity index (χ2v) is 10.2. The van der Waals surface area contributed by atoms with Gasteiger partial charge in [0.1, 0.15) is 18.0 Å². The molecule has 5 rings (SSSR count). The maximum Gasteiger partial charge on any atom is 0.247 e. The molecule has 1 heterocycles. The standard InChI is InChI=1S/C29H33FN2O7/c1-38-23-12-16(15-34)11-19-24-20(28(36)31-9-10-33)13-22(25(35)27(24)39-26(19)23)32(29(37)17-6-4-7-17)14-18-5-2-3-8-21(18)30/h2-3,5,8,11-13,17,22,24-25,27,33-35H,4,6-7,9-10,14-15H2,1H3,(H,31,36). The van der Waals surface area contributed by atoms with E-state index in [9.17, 15) is 29.3 Å². The van der Waals surface area contributed by atoms with Crippen LogP contribution in [0.5, 0.6) is 11.5 Å². The van der Waals surface area contributed by atoms with Gasteiger partial charge in [0.2, 0.25) is 11.8 Å². The van der Waals surface area contributed by atoms with Gasteiger partial charge in [-0.25, -0.2) is 4.39 Å². The highest BCUT2D eigenvalue weighted by Crippen LogP contribution is 2.51. The Hall–Kier alpha value is -3.47. The van der Waals surface area contributed by atoms with E-state index in [0.29, 0.717) is 41.0 Å². The van der Waals surface area contributed by atoms with Gasteiger partial charge >= 0.3 is 0 Å². The van der Waals surface area contributed by atoms with Gasteiger partial charge in [-0.15, -0.1) is 0 Å². The van der Waals surface area contributed by atoms with Crippen LogP contribution in [0, 0.1) is 11.7 Å². The Morgan fingerprint density at radius 2 is 1.97 bits per heavy atom. The van der Waals surface area contributed by atoms with Crippen molar-refractivity contribution in [2.75, 3.05) is 20.3 Å². The average Bonchev–Trinajstić information content (AvgIpc) is 3.30. The summed E-state index contributed by atoms with van der Waals surface area (Å²) in [5.74, 6) is -1.44. The SMILES string of the molecule is COc1cc(CO)cc2c1OC1C2C(C(=O)NCCO)=CC(N(Cc2ccccc2F)C(=O)C2CCC2)C1O. The smallest absolute Gasteiger partial charge is 0.247 e. The van der Waals surface area contributed by atoms with Crippen molar-refractivity contribution in [2.24, 2.45) is 5.92 Å². The second-order valence-electron chi connectivity index (χ2n) is 10.2. The minimum absolute atomic E-state index is 0.00837. The number of aliphatic hydroxyl groups excluding tert-OH is 3. The second kappa shape index (κ2) is 11.3. The number of nitrogens with zero attached hydrogens (tertiary/aromatic N) is 1. The lowest BCUT2D eigenvalue weighted by Crippen LogP contribution is -2.56. The third-order valence-electron chi connectivity index (χ3n) is 7.89. The summed E-state index contributed by atoms with van der Waals surface area (Å²) in [6.45, 7) is -0.620. The number of rotatable bonds is 9. The monoisotopic (exact) mass is 540 g/mol. The van der Waals surface area contributed by atoms with Crippen molar-refractivity contribution >= 4 is 11.8 Å². The maximum atomic E-state index is 14.7. The number of amides is 2. The van der Waals surface area contributed by atoms with Crippen LogP contribution in [0.3, 0.4) is 0 Å². The number of hydrogen-bond acceptors (Lipinski definition) is 7. The number of fused-ring (bicyclic) bond motifs is 3. The van der Waals surface area contributed by atoms with Crippen molar-refractivity contribution < 1.29 is 38.8 Å². The van der Waals surface area contributed by atoms with Gasteiger partial charge in [-0.05, 0) is 42.7 Å². The van der Waals surface area contributed by atoms with Crippen LogP contribution in [0.1, 0.15) is 41.9 Å². The van der Waals surface area contributed by atoms with Crippen molar-refractivity contribution in [3.05, 3.63) is 70.6 Å². The van der Waals surface area contributed by atoms with Gasteiger partial charge in [0.05, 0.1) is 32.3 Å². The molecule has 2 aromatic carbocycles. The molecule has 1 saturated carbocycles. The van der Waals surface area contributed by atoms with Crippen LogP contribution in [-0.4, -0.2) is 70.5 Å². The van der Waals surface area contributed by atoms with E-state index < -0.39 is 35.9 Å². The zero-order chi connectivity index (χ0) is 27.7. The van der Waals surface area contributed by atoms with E-state index in [1.54, 1.807) is 36.4 Å². The predicted molar refractivity (Wildman–Crippen MR) is 138 cm³/mol. The van der Waals surface area contributed by atoms with Gasteiger partial charge in [-0.2, -0.15) is 0 Å². The number of halogens is 1. The zero-order valence-corrected chi connectivity index (χ0v) is 21.7. The van der Waals surface area contributed by atoms with Crippen LogP contribution in [0.25, 0.3) is 0 Å². The first-order valence-corrected chi connectivity index (χ1v) is 13.2. The van der Waals surface area contributed by atoms with Crippen LogP contribution in [0.2, 0.25) is 0 Å². The van der Waals surface area contributed by atoms with E-state index in [1.165, 1.54) is 18.1 Å². The summed E-state index contributed by atoms with van der Waals surface area (Å²) >= 11 is 0. The minimum atomic E-state index is -1.25. The van der Waals surface area contributed by atoms with Crippen LogP contribution in [0.15, 0.2) is 48.0 Å². The molecule has 1 aliphatic heterocycles. The molecule has 0 saturated heterocycles. The fraction of sp³-hybridized carbons (Fsp3) is 0.448. The highest BCUT2D eigenvalue weighted by Gasteiger charge is 2.52. The summed E-state index contributed by atoms with van der Waals surface area (Å²) in [7, 11) is 1.46. The molecular weight excluding hydrogens is 507 g/mol. The topological polar surface area (TPSA) is 129 Å². The number of aliphatic hydroxyl groups is 3. The molecule has 2 aromatic rings. The van der Waals surface area contributed by atoms with Gasteiger partial charge in [0, 0.05) is 35.7 Å². The van der Waals surface area contributed by atoms with Gasteiger partial charge in [0.15, 0.2) is 11.5 Å². The fourth-order valence-electron chi connectivity index (χ4n) is 5.65. The number of carbonyl (C=O) groups excluding carboxylic acids is 2. The van der Waals surface area contributed by atoms with E-state index >= 15 is 0 Å². The Balaban J connectivity index is 1.60. The minimum Gasteiger partial charge on any atom is -0.493 e. The largest absolute Gasteiger partial charge is 0.493 e. The molecule has 4 unspecified atom stereocenters. The number of hydrogen-bond donors (Lipinski definition) is 4. The van der Waals surface area contributed by atoms with E-state index in [4.69, 9.17) is 9.47 Å². The number of methoxy groups -OCH3 is 1. The number of carbonyl (C=O) groups is 2. The van der Waals surface area contributed by atoms with Crippen molar-refractivity contribution in [3.8, 4) is 11.5 Å². The van der Waals surface area contributed by atoms with E-state index in [2.05, 4.69) is 5.32 Å². The first kappa shape index (κ1) is 27.1. The maximum absolute atomic E-state index is 14.7. The van der Waals surface area contributed by atoms with Crippen molar-refractivity contribution in [1.82, 2.24) is 10.2 Å². The molecule has 4 atom stereocenters. The molecule has 208 valence electrons. The Bertz CT molecular complexity index is 1280. The highest BCUT2D eigenvalue weighted by atomic mass is 19.1. The van der Waals surface area contributed by atoms with Crippen LogP contribution < -0.4 is 14.8 Å². The molecule has 2 amide bonds. The lowest BCUT2D eigenvalue weighted by atomic mass is 9.76. The predicted octanol–water partition coefficient (Wildman–Crippen LogP) is 1.78. The summed E-state index contributed by atoms with van der Waals surface area (Å²) in [5.41, 5.74) is 1.66. The quantitative estimate of drug-likeness (QED) is 0.382. The molecular formula is C29H33FN2O7. The normalized spacial score (nSPS) is 23.6. The third-order valence-corrected chi connectivity index (χ3v) is 7.89. The van der Waals surface area contributed by atoms with Gasteiger partial charge in [0.25, 0.3) is 0 Å². The Morgan fingerprint density at radius 3 is 2.62 bits per heavy atom. The molecule has 4 N–H and O–H groups in total. The lowest BCUT2D eigenvalue weighted by Gasteiger charge is -2.42. The fourth-order valence-corrected chi connectivity index (χ4v) is 5.65. The average molecular weight is 541 g/mol. The van der Waals surface area contributed by atoms with E-state index in [1.807, 2.05) is 0 Å². The number of nitrogens with one attached hydrogen (secondary N) is 1. The van der Waals surface area contributed by atoms with Crippen LogP contribution in [0.4, 0.5) is 4.39 Å². The summed E-state index contributed by atoms with van der Waals surface area (Å²) < 4.78 is 26.4. The molecule has 2 aliphatic carbocycles. The Morgan fingerprint density at radius 1 is 1.21 bits per heavy atom. The first-order valence-electron chi connectivity index (χ1n) is 13.2. The van der Waals surface area contributed by atoms with Gasteiger partial charge in [-0.3, -0.25) is 9.59 Å². The highest BCUT2D eigenvalue weighted by molar-refractivity contribution is 5.96. The first-order chi connectivity index (χ1) is 18.9. The summed E-state index contributed by atoms with van der Waals surface area (Å²) in [4.78, 5) is 28.5. The number of ether oxygens (including phenoxy) is 2. The third kappa shape index (κ3) is 4.99. The zero-order valence-electron chi connectivity index (χ0n) is 21.7. The van der Waals surface area contributed by atoms with Gasteiger partial charge < -0.3 is 35.0 Å². The molecule has 1 fully saturated rings. The lowest BCUT2D eigenvalue weighted by molar-refractivity contribution is -0.145. The van der Waals surface area contributed by atoms with Crippen molar-refractivity contribution in [3.63, 3.8) is 0 Å². The summed E-state index contributed by atoms with van der Waals surface area (Å²) in [6, 6.07) is 8.52. The molecule has 0 aromatic heterocycles. The molecule has 39 heavy (non-hydrogen) atoms. The molecule has 3 aliphatic rings. The van der Waals surface area contributed by atoms with E-state index in [0.717, 1.165) is 6.42 Å². The number of benzene rings is 2. The van der Waals surface area contributed by atoms with Crippen molar-refractivity contribution in [1.29, 1.82) is 0 Å². The van der Waals surface area contributed by atoms with Crippen molar-refractivity contribution in [2.45, 2.75) is 56.6 Å². The molecule has 10 heteroatoms. The Labute approximate surface area is 225 Å². The molecule has 0 spiro atoms. The summed E-state index contributed by atoms with van der Waals surface area (Å²) in [5, 5.41) is 33.5.